The molecule has 0 saturated heterocycles. The Hall–Kier alpha value is -1.50. The van der Waals surface area contributed by atoms with Crippen LogP contribution in [0.4, 0.5) is 5.13 Å². The minimum Gasteiger partial charge on any atom is -0.393 e. The molecule has 1 aromatic heterocycles. The van der Waals surface area contributed by atoms with Gasteiger partial charge in [-0.2, -0.15) is 5.10 Å². The summed E-state index contributed by atoms with van der Waals surface area (Å²) in [5, 5.41) is 22.0. The third-order valence-corrected chi connectivity index (χ3v) is 2.83. The van der Waals surface area contributed by atoms with E-state index in [0.717, 1.165) is 10.2 Å². The molecule has 6 heteroatoms. The fraction of sp³-hybridized carbons (Fsp3) is 0.200. The Kier molecular flexibility index (Phi) is 3.45. The lowest BCUT2D eigenvalue weighted by Gasteiger charge is -1.97. The lowest BCUT2D eigenvalue weighted by molar-refractivity contribution is 0.148. The summed E-state index contributed by atoms with van der Waals surface area (Å²) in [4.78, 5) is 4.28. The van der Waals surface area contributed by atoms with E-state index in [1.165, 1.54) is 17.6 Å². The van der Waals surface area contributed by atoms with Gasteiger partial charge in [-0.05, 0) is 12.1 Å². The zero-order valence-electron chi connectivity index (χ0n) is 8.37. The maximum Gasteiger partial charge on any atom is 0.204 e. The largest absolute Gasteiger partial charge is 0.393 e. The van der Waals surface area contributed by atoms with Crippen molar-refractivity contribution in [3.63, 3.8) is 0 Å². The number of aliphatic hydroxyl groups excluding tert-OH is 2. The number of hydrazone groups is 1. The van der Waals surface area contributed by atoms with Crippen molar-refractivity contribution in [2.75, 3.05) is 12.0 Å². The maximum absolute atomic E-state index is 9.02. The first-order valence-corrected chi connectivity index (χ1v) is 5.55. The third-order valence-electron chi connectivity index (χ3n) is 1.89. The van der Waals surface area contributed by atoms with Crippen LogP contribution in [-0.4, -0.2) is 34.1 Å². The number of fused-ring (bicyclic) bond motifs is 1. The number of anilines is 1. The number of rotatable bonds is 4. The van der Waals surface area contributed by atoms with Gasteiger partial charge in [0.1, 0.15) is 6.10 Å². The number of hydrogen-bond donors (Lipinski definition) is 3. The first kappa shape index (κ1) is 11.0. The van der Waals surface area contributed by atoms with Gasteiger partial charge in [0.15, 0.2) is 0 Å². The van der Waals surface area contributed by atoms with Gasteiger partial charge in [0.2, 0.25) is 5.13 Å². The van der Waals surface area contributed by atoms with Gasteiger partial charge in [-0.1, -0.05) is 23.5 Å². The second-order valence-corrected chi connectivity index (χ2v) is 4.16. The molecule has 2 aromatic rings. The summed E-state index contributed by atoms with van der Waals surface area (Å²) >= 11 is 1.48. The molecule has 0 spiro atoms. The predicted octanol–water partition coefficient (Wildman–Crippen LogP) is 1.05. The van der Waals surface area contributed by atoms with E-state index in [1.54, 1.807) is 0 Å². The molecule has 3 N–H and O–H groups in total. The standard InChI is InChI=1S/C10H11N3O2S/c14-6-7(15)5-11-13-10-12-8-3-1-2-4-9(8)16-10/h1-5,7,14-15H,6H2,(H,12,13)/b11-5-/t7-/m1/s1. The second-order valence-electron chi connectivity index (χ2n) is 3.13. The van der Waals surface area contributed by atoms with Gasteiger partial charge in [-0.15, -0.1) is 0 Å². The Bertz CT molecular complexity index is 465. The highest BCUT2D eigenvalue weighted by Crippen LogP contribution is 2.25. The van der Waals surface area contributed by atoms with Crippen LogP contribution in [0.1, 0.15) is 0 Å². The summed E-state index contributed by atoms with van der Waals surface area (Å²) in [7, 11) is 0. The molecule has 16 heavy (non-hydrogen) atoms. The van der Waals surface area contributed by atoms with E-state index in [0.29, 0.717) is 5.13 Å². The number of aromatic nitrogens is 1. The summed E-state index contributed by atoms with van der Waals surface area (Å²) in [5.41, 5.74) is 3.62. The number of para-hydroxylation sites is 1. The van der Waals surface area contributed by atoms with Crippen LogP contribution >= 0.6 is 11.3 Å². The van der Waals surface area contributed by atoms with Crippen LogP contribution in [-0.2, 0) is 0 Å². The van der Waals surface area contributed by atoms with Gasteiger partial charge < -0.3 is 10.2 Å². The maximum atomic E-state index is 9.02. The fourth-order valence-electron chi connectivity index (χ4n) is 1.15. The lowest BCUT2D eigenvalue weighted by atomic mass is 10.3. The van der Waals surface area contributed by atoms with Crippen molar-refractivity contribution in [3.8, 4) is 0 Å². The second kappa shape index (κ2) is 5.02. The van der Waals surface area contributed by atoms with Gasteiger partial charge in [0.05, 0.1) is 23.0 Å². The molecule has 1 heterocycles. The van der Waals surface area contributed by atoms with E-state index in [4.69, 9.17) is 10.2 Å². The molecule has 0 fully saturated rings. The Balaban J connectivity index is 2.07. The third kappa shape index (κ3) is 2.54. The van der Waals surface area contributed by atoms with Gasteiger partial charge in [0.25, 0.3) is 0 Å². The number of nitrogens with one attached hydrogen (secondary N) is 1. The molecule has 0 unspecified atom stereocenters. The Morgan fingerprint density at radius 2 is 2.31 bits per heavy atom. The van der Waals surface area contributed by atoms with Crippen LogP contribution < -0.4 is 5.43 Å². The number of thiazole rings is 1. The van der Waals surface area contributed by atoms with Crippen LogP contribution in [0.15, 0.2) is 29.4 Å². The van der Waals surface area contributed by atoms with Gasteiger partial charge in [0, 0.05) is 0 Å². The van der Waals surface area contributed by atoms with Crippen LogP contribution in [0.5, 0.6) is 0 Å². The van der Waals surface area contributed by atoms with Crippen molar-refractivity contribution >= 4 is 32.9 Å². The summed E-state index contributed by atoms with van der Waals surface area (Å²) in [6.07, 6.45) is 0.286. The normalized spacial score (nSPS) is 13.4. The Morgan fingerprint density at radius 1 is 1.50 bits per heavy atom. The zero-order chi connectivity index (χ0) is 11.4. The van der Waals surface area contributed by atoms with Crippen molar-refractivity contribution in [2.24, 2.45) is 5.10 Å². The minimum absolute atomic E-state index is 0.342. The van der Waals surface area contributed by atoms with E-state index < -0.39 is 6.10 Å². The highest BCUT2D eigenvalue weighted by atomic mass is 32.1. The minimum atomic E-state index is -0.943. The molecule has 1 atom stereocenters. The molecule has 0 aliphatic heterocycles. The monoisotopic (exact) mass is 237 g/mol. The Labute approximate surface area is 96.1 Å². The zero-order valence-corrected chi connectivity index (χ0v) is 9.18. The SMILES string of the molecule is OC[C@H](O)/C=N\Nc1nc2ccccc2s1. The molecule has 0 radical (unpaired) electrons. The number of benzene rings is 1. The van der Waals surface area contributed by atoms with Crippen molar-refractivity contribution in [2.45, 2.75) is 6.10 Å². The summed E-state index contributed by atoms with van der Waals surface area (Å²) < 4.78 is 1.07. The topological polar surface area (TPSA) is 77.7 Å². The molecule has 84 valence electrons. The molecule has 0 aliphatic rings. The molecule has 0 bridgehead atoms. The average molecular weight is 237 g/mol. The summed E-state index contributed by atoms with van der Waals surface area (Å²) in [6, 6.07) is 7.77. The van der Waals surface area contributed by atoms with Gasteiger partial charge in [-0.25, -0.2) is 4.98 Å². The predicted molar refractivity (Wildman–Crippen MR) is 64.8 cm³/mol. The molecule has 2 rings (SSSR count). The van der Waals surface area contributed by atoms with Crippen molar-refractivity contribution in [1.82, 2.24) is 4.98 Å². The Morgan fingerprint density at radius 3 is 3.06 bits per heavy atom. The smallest absolute Gasteiger partial charge is 0.204 e. The van der Waals surface area contributed by atoms with E-state index in [9.17, 15) is 0 Å². The highest BCUT2D eigenvalue weighted by Gasteiger charge is 2.01. The molecule has 0 amide bonds. The lowest BCUT2D eigenvalue weighted by Crippen LogP contribution is -2.13. The van der Waals surface area contributed by atoms with Crippen LogP contribution in [0, 0.1) is 0 Å². The van der Waals surface area contributed by atoms with E-state index in [-0.39, 0.29) is 6.61 Å². The van der Waals surface area contributed by atoms with Crippen LogP contribution in [0.3, 0.4) is 0 Å². The van der Waals surface area contributed by atoms with Crippen LogP contribution in [0.25, 0.3) is 10.2 Å². The van der Waals surface area contributed by atoms with E-state index in [2.05, 4.69) is 15.5 Å². The number of nitrogens with zero attached hydrogens (tertiary/aromatic N) is 2. The molecule has 5 nitrogen and oxygen atoms in total. The van der Waals surface area contributed by atoms with Crippen molar-refractivity contribution < 1.29 is 10.2 Å². The average Bonchev–Trinajstić information content (AvgIpc) is 2.71. The van der Waals surface area contributed by atoms with Gasteiger partial charge >= 0.3 is 0 Å². The molecule has 0 aliphatic carbocycles. The first-order valence-electron chi connectivity index (χ1n) is 4.73. The van der Waals surface area contributed by atoms with Crippen molar-refractivity contribution in [3.05, 3.63) is 24.3 Å². The number of aliphatic hydroxyl groups is 2. The number of hydrogen-bond acceptors (Lipinski definition) is 6. The molecule has 1 aromatic carbocycles. The molecular weight excluding hydrogens is 226 g/mol. The summed E-state index contributed by atoms with van der Waals surface area (Å²) in [6.45, 7) is -0.342. The highest BCUT2D eigenvalue weighted by molar-refractivity contribution is 7.22. The first-order chi connectivity index (χ1) is 7.79. The molecular formula is C10H11N3O2S. The van der Waals surface area contributed by atoms with Crippen molar-refractivity contribution in [1.29, 1.82) is 0 Å². The molecule has 0 saturated carbocycles. The van der Waals surface area contributed by atoms with E-state index >= 15 is 0 Å². The van der Waals surface area contributed by atoms with Crippen LogP contribution in [0.2, 0.25) is 0 Å². The quantitative estimate of drug-likeness (QED) is 0.548. The fourth-order valence-corrected chi connectivity index (χ4v) is 1.96. The van der Waals surface area contributed by atoms with Gasteiger partial charge in [-0.3, -0.25) is 5.43 Å². The summed E-state index contributed by atoms with van der Waals surface area (Å²) in [5.74, 6) is 0. The van der Waals surface area contributed by atoms with E-state index in [1.807, 2.05) is 24.3 Å².